The van der Waals surface area contributed by atoms with E-state index in [0.717, 1.165) is 17.8 Å². The Balaban J connectivity index is 1.35. The zero-order valence-corrected chi connectivity index (χ0v) is 10.6. The molecule has 3 heteroatoms. The summed E-state index contributed by atoms with van der Waals surface area (Å²) in [4.78, 5) is 2.74. The summed E-state index contributed by atoms with van der Waals surface area (Å²) in [5.74, 6) is 2.66. The number of nitrogens with one attached hydrogen (secondary N) is 1. The van der Waals surface area contributed by atoms with Crippen LogP contribution in [0.5, 0.6) is 0 Å². The molecule has 1 N–H and O–H groups in total. The van der Waals surface area contributed by atoms with Gasteiger partial charge in [-0.15, -0.1) is 0 Å². The first-order valence-electron chi connectivity index (χ1n) is 7.48. The van der Waals surface area contributed by atoms with Crippen LogP contribution in [0.4, 0.5) is 0 Å². The quantitative estimate of drug-likeness (QED) is 0.777. The molecule has 4 rings (SSSR count). The van der Waals surface area contributed by atoms with Crippen molar-refractivity contribution < 1.29 is 4.74 Å². The van der Waals surface area contributed by atoms with E-state index in [0.29, 0.717) is 12.2 Å². The largest absolute Gasteiger partial charge is 0.374 e. The SMILES string of the molecule is C1CNCC(CN2CC3C4CCC(O4)C3C2)C1. The number of likely N-dealkylation sites (tertiary alicyclic amines) is 1. The number of fused-ring (bicyclic) bond motifs is 5. The molecule has 0 radical (unpaired) electrons. The van der Waals surface area contributed by atoms with Gasteiger partial charge in [-0.25, -0.2) is 0 Å². The number of piperidine rings is 1. The van der Waals surface area contributed by atoms with E-state index in [1.54, 1.807) is 0 Å². The fraction of sp³-hybridized carbons (Fsp3) is 1.00. The highest BCUT2D eigenvalue weighted by molar-refractivity contribution is 5.02. The fourth-order valence-corrected chi connectivity index (χ4v) is 4.64. The maximum atomic E-state index is 6.04. The van der Waals surface area contributed by atoms with Crippen LogP contribution in [-0.2, 0) is 4.74 Å². The monoisotopic (exact) mass is 236 g/mol. The lowest BCUT2D eigenvalue weighted by molar-refractivity contribution is 0.0678. The standard InChI is InChI=1S/C14H24N2O/c1-2-10(6-15-5-1)7-16-8-11-12(9-16)14-4-3-13(11)17-14/h10-15H,1-9H2. The summed E-state index contributed by atoms with van der Waals surface area (Å²) >= 11 is 0. The molecule has 17 heavy (non-hydrogen) atoms. The van der Waals surface area contributed by atoms with Gasteiger partial charge >= 0.3 is 0 Å². The van der Waals surface area contributed by atoms with Gasteiger partial charge in [0.25, 0.3) is 0 Å². The maximum absolute atomic E-state index is 6.04. The smallest absolute Gasteiger partial charge is 0.0624 e. The molecule has 3 nitrogen and oxygen atoms in total. The molecule has 0 aromatic heterocycles. The number of rotatable bonds is 2. The number of hydrogen-bond donors (Lipinski definition) is 1. The molecule has 96 valence electrons. The Morgan fingerprint density at radius 2 is 1.82 bits per heavy atom. The van der Waals surface area contributed by atoms with Crippen molar-refractivity contribution in [3.63, 3.8) is 0 Å². The topological polar surface area (TPSA) is 24.5 Å². The summed E-state index contributed by atoms with van der Waals surface area (Å²) in [6.07, 6.45) is 6.73. The third-order valence-corrected chi connectivity index (χ3v) is 5.44. The minimum Gasteiger partial charge on any atom is -0.374 e. The predicted octanol–water partition coefficient (Wildman–Crippen LogP) is 1.10. The summed E-state index contributed by atoms with van der Waals surface area (Å²) in [5.41, 5.74) is 0. The Hall–Kier alpha value is -0.120. The van der Waals surface area contributed by atoms with Crippen molar-refractivity contribution in [2.45, 2.75) is 37.9 Å². The van der Waals surface area contributed by atoms with Gasteiger partial charge in [-0.3, -0.25) is 0 Å². The van der Waals surface area contributed by atoms with E-state index >= 15 is 0 Å². The minimum absolute atomic E-state index is 0.625. The number of nitrogens with zero attached hydrogens (tertiary/aromatic N) is 1. The van der Waals surface area contributed by atoms with E-state index in [9.17, 15) is 0 Å². The fourth-order valence-electron chi connectivity index (χ4n) is 4.64. The number of hydrogen-bond acceptors (Lipinski definition) is 3. The van der Waals surface area contributed by atoms with Crippen molar-refractivity contribution >= 4 is 0 Å². The Bertz CT molecular complexity index is 272. The van der Waals surface area contributed by atoms with Gasteiger partial charge in [0.2, 0.25) is 0 Å². The van der Waals surface area contributed by atoms with Crippen molar-refractivity contribution in [2.75, 3.05) is 32.7 Å². The zero-order chi connectivity index (χ0) is 11.2. The molecular weight excluding hydrogens is 212 g/mol. The lowest BCUT2D eigenvalue weighted by Gasteiger charge is -2.28. The van der Waals surface area contributed by atoms with Gasteiger partial charge < -0.3 is 15.0 Å². The van der Waals surface area contributed by atoms with Gasteiger partial charge in [0.05, 0.1) is 12.2 Å². The normalized spacial score (nSPS) is 49.8. The molecule has 2 bridgehead atoms. The molecule has 0 saturated carbocycles. The molecule has 0 amide bonds. The molecule has 0 aromatic rings. The van der Waals surface area contributed by atoms with Crippen LogP contribution in [0.3, 0.4) is 0 Å². The van der Waals surface area contributed by atoms with Gasteiger partial charge in [0, 0.05) is 31.5 Å². The lowest BCUT2D eigenvalue weighted by atomic mass is 9.82. The van der Waals surface area contributed by atoms with Crippen molar-refractivity contribution in [3.05, 3.63) is 0 Å². The molecule has 4 heterocycles. The van der Waals surface area contributed by atoms with Gasteiger partial charge in [0.1, 0.15) is 0 Å². The Kier molecular flexibility index (Phi) is 2.67. The van der Waals surface area contributed by atoms with Gasteiger partial charge in [0.15, 0.2) is 0 Å². The van der Waals surface area contributed by atoms with Crippen LogP contribution in [-0.4, -0.2) is 49.8 Å². The maximum Gasteiger partial charge on any atom is 0.0624 e. The van der Waals surface area contributed by atoms with Crippen molar-refractivity contribution in [1.29, 1.82) is 0 Å². The first kappa shape index (κ1) is 10.8. The molecule has 5 unspecified atom stereocenters. The highest BCUT2D eigenvalue weighted by atomic mass is 16.5. The van der Waals surface area contributed by atoms with E-state index in [1.165, 1.54) is 58.4 Å². The predicted molar refractivity (Wildman–Crippen MR) is 66.9 cm³/mol. The van der Waals surface area contributed by atoms with Crippen LogP contribution < -0.4 is 5.32 Å². The first-order chi connectivity index (χ1) is 8.40. The summed E-state index contributed by atoms with van der Waals surface area (Å²) in [5, 5.41) is 3.54. The second-order valence-electron chi connectivity index (χ2n) is 6.55. The number of ether oxygens (including phenoxy) is 1. The molecule has 0 spiro atoms. The lowest BCUT2D eigenvalue weighted by Crippen LogP contribution is -2.38. The van der Waals surface area contributed by atoms with Gasteiger partial charge in [-0.1, -0.05) is 0 Å². The first-order valence-corrected chi connectivity index (χ1v) is 7.48. The summed E-state index contributed by atoms with van der Waals surface area (Å²) in [7, 11) is 0. The molecule has 5 atom stereocenters. The highest BCUT2D eigenvalue weighted by Gasteiger charge is 2.52. The van der Waals surface area contributed by atoms with Crippen LogP contribution in [0.15, 0.2) is 0 Å². The van der Waals surface area contributed by atoms with E-state index in [1.807, 2.05) is 0 Å². The molecule has 0 aromatic carbocycles. The average Bonchev–Trinajstić information content (AvgIpc) is 3.00. The highest BCUT2D eigenvalue weighted by Crippen LogP contribution is 2.47. The van der Waals surface area contributed by atoms with Gasteiger partial charge in [-0.2, -0.15) is 0 Å². The summed E-state index contributed by atoms with van der Waals surface area (Å²) < 4.78 is 6.04. The van der Waals surface area contributed by atoms with Crippen molar-refractivity contribution in [2.24, 2.45) is 17.8 Å². The molecule has 4 aliphatic heterocycles. The average molecular weight is 236 g/mol. The molecular formula is C14H24N2O. The second kappa shape index (κ2) is 4.22. The Morgan fingerprint density at radius 3 is 2.47 bits per heavy atom. The zero-order valence-electron chi connectivity index (χ0n) is 10.6. The van der Waals surface area contributed by atoms with Crippen LogP contribution >= 0.6 is 0 Å². The van der Waals surface area contributed by atoms with Gasteiger partial charge in [-0.05, 0) is 44.7 Å². The van der Waals surface area contributed by atoms with Crippen molar-refractivity contribution in [1.82, 2.24) is 10.2 Å². The third kappa shape index (κ3) is 1.83. The minimum atomic E-state index is 0.625. The second-order valence-corrected chi connectivity index (χ2v) is 6.55. The van der Waals surface area contributed by atoms with E-state index in [2.05, 4.69) is 10.2 Å². The Morgan fingerprint density at radius 1 is 1.06 bits per heavy atom. The van der Waals surface area contributed by atoms with Crippen LogP contribution in [0.2, 0.25) is 0 Å². The summed E-state index contributed by atoms with van der Waals surface area (Å²) in [6.45, 7) is 6.46. The molecule has 4 fully saturated rings. The third-order valence-electron chi connectivity index (χ3n) is 5.44. The van der Waals surface area contributed by atoms with Crippen molar-refractivity contribution in [3.8, 4) is 0 Å². The molecule has 4 saturated heterocycles. The molecule has 0 aliphatic carbocycles. The van der Waals surface area contributed by atoms with Crippen LogP contribution in [0.1, 0.15) is 25.7 Å². The van der Waals surface area contributed by atoms with E-state index in [4.69, 9.17) is 4.74 Å². The van der Waals surface area contributed by atoms with Crippen LogP contribution in [0, 0.1) is 17.8 Å². The van der Waals surface area contributed by atoms with Crippen LogP contribution in [0.25, 0.3) is 0 Å². The van der Waals surface area contributed by atoms with E-state index < -0.39 is 0 Å². The molecule has 4 aliphatic rings. The van der Waals surface area contributed by atoms with E-state index in [-0.39, 0.29) is 0 Å². The Labute approximate surface area is 104 Å². The summed E-state index contributed by atoms with van der Waals surface area (Å²) in [6, 6.07) is 0.